The van der Waals surface area contributed by atoms with Crippen LogP contribution in [0.5, 0.6) is 0 Å². The Bertz CT molecular complexity index is 1010. The SMILES string of the molecule is CC1(C)S[C@@H]2[C@H](NC(=O)c3nccnc3-c3ccc(Cl)cc3)C(=O)N2[C@H]1C(=O)O. The van der Waals surface area contributed by atoms with Gasteiger partial charge in [0.15, 0.2) is 5.69 Å². The molecule has 0 unspecified atom stereocenters. The monoisotopic (exact) mass is 432 g/mol. The third kappa shape index (κ3) is 3.24. The van der Waals surface area contributed by atoms with E-state index in [1.807, 2.05) is 0 Å². The second-order valence-electron chi connectivity index (χ2n) is 7.31. The number of carbonyl (C=O) groups is 3. The van der Waals surface area contributed by atoms with Gasteiger partial charge in [-0.3, -0.25) is 14.6 Å². The number of carboxylic acid groups (broad SMARTS) is 1. The van der Waals surface area contributed by atoms with Gasteiger partial charge in [-0.15, -0.1) is 11.8 Å². The first kappa shape index (κ1) is 19.7. The van der Waals surface area contributed by atoms with Gasteiger partial charge in [-0.2, -0.15) is 0 Å². The summed E-state index contributed by atoms with van der Waals surface area (Å²) in [5.41, 5.74) is 1.11. The van der Waals surface area contributed by atoms with Crippen molar-refractivity contribution in [2.24, 2.45) is 0 Å². The Morgan fingerprint density at radius 1 is 1.21 bits per heavy atom. The molecule has 150 valence electrons. The largest absolute Gasteiger partial charge is 0.480 e. The number of carbonyl (C=O) groups excluding carboxylic acids is 2. The van der Waals surface area contributed by atoms with Gasteiger partial charge >= 0.3 is 5.97 Å². The molecule has 2 amide bonds. The molecule has 1 aromatic carbocycles. The average Bonchev–Trinajstić information content (AvgIpc) is 2.94. The molecule has 2 aliphatic heterocycles. The predicted molar refractivity (Wildman–Crippen MR) is 107 cm³/mol. The molecule has 2 fully saturated rings. The summed E-state index contributed by atoms with van der Waals surface area (Å²) in [6.07, 6.45) is 2.88. The molecule has 10 heteroatoms. The predicted octanol–water partition coefficient (Wildman–Crippen LogP) is 2.04. The van der Waals surface area contributed by atoms with Gasteiger partial charge in [-0.1, -0.05) is 23.7 Å². The third-order valence-corrected chi connectivity index (χ3v) is 6.82. The average molecular weight is 433 g/mol. The number of aliphatic carboxylic acids is 1. The minimum atomic E-state index is -1.05. The van der Waals surface area contributed by atoms with Crippen LogP contribution in [0.3, 0.4) is 0 Å². The van der Waals surface area contributed by atoms with Gasteiger partial charge in [0.2, 0.25) is 5.91 Å². The van der Waals surface area contributed by atoms with Crippen LogP contribution in [0.2, 0.25) is 5.02 Å². The maximum atomic E-state index is 12.9. The number of hydrogen-bond donors (Lipinski definition) is 2. The summed E-state index contributed by atoms with van der Waals surface area (Å²) < 4.78 is -0.660. The van der Waals surface area contributed by atoms with Gasteiger partial charge < -0.3 is 15.3 Å². The van der Waals surface area contributed by atoms with Crippen LogP contribution < -0.4 is 5.32 Å². The molecule has 0 bridgehead atoms. The highest BCUT2D eigenvalue weighted by Gasteiger charge is 2.64. The van der Waals surface area contributed by atoms with Crippen molar-refractivity contribution in [3.8, 4) is 11.3 Å². The highest BCUT2D eigenvalue weighted by Crippen LogP contribution is 2.50. The lowest BCUT2D eigenvalue weighted by atomic mass is 9.96. The number of nitrogens with one attached hydrogen (secondary N) is 1. The molecule has 2 saturated heterocycles. The Morgan fingerprint density at radius 3 is 2.52 bits per heavy atom. The molecule has 4 rings (SSSR count). The Balaban J connectivity index is 1.57. The van der Waals surface area contributed by atoms with Crippen LogP contribution in [0.15, 0.2) is 36.7 Å². The molecule has 0 spiro atoms. The van der Waals surface area contributed by atoms with E-state index in [0.717, 1.165) is 0 Å². The number of aromatic nitrogens is 2. The summed E-state index contributed by atoms with van der Waals surface area (Å²) in [6, 6.07) is 5.09. The van der Waals surface area contributed by atoms with Crippen molar-refractivity contribution >= 4 is 41.1 Å². The van der Waals surface area contributed by atoms with Gasteiger partial charge in [0, 0.05) is 27.7 Å². The second-order valence-corrected chi connectivity index (χ2v) is 9.52. The first-order chi connectivity index (χ1) is 13.7. The van der Waals surface area contributed by atoms with Crippen LogP contribution >= 0.6 is 23.4 Å². The fourth-order valence-corrected chi connectivity index (χ4v) is 5.43. The van der Waals surface area contributed by atoms with E-state index < -0.39 is 40.0 Å². The fraction of sp³-hybridized carbons (Fsp3) is 0.316. The summed E-state index contributed by atoms with van der Waals surface area (Å²) in [4.78, 5) is 46.8. The van der Waals surface area contributed by atoms with Crippen molar-refractivity contribution in [2.45, 2.75) is 36.1 Å². The molecular formula is C19H17ClN4O4S. The molecule has 0 radical (unpaired) electrons. The highest BCUT2D eigenvalue weighted by atomic mass is 35.5. The molecule has 29 heavy (non-hydrogen) atoms. The Labute approximate surface area is 175 Å². The number of amides is 2. The lowest BCUT2D eigenvalue weighted by Gasteiger charge is -2.43. The number of β-lactam (4-membered cyclic amide) rings is 1. The van der Waals surface area contributed by atoms with Crippen LogP contribution in [0.4, 0.5) is 0 Å². The van der Waals surface area contributed by atoms with E-state index in [0.29, 0.717) is 16.3 Å². The molecule has 0 aliphatic carbocycles. The molecule has 2 N–H and O–H groups in total. The van der Waals surface area contributed by atoms with E-state index in [4.69, 9.17) is 11.6 Å². The maximum Gasteiger partial charge on any atom is 0.327 e. The Kier molecular flexibility index (Phi) is 4.74. The second kappa shape index (κ2) is 7.00. The maximum absolute atomic E-state index is 12.9. The minimum Gasteiger partial charge on any atom is -0.480 e. The topological polar surface area (TPSA) is 112 Å². The van der Waals surface area contributed by atoms with Gasteiger partial charge in [0.25, 0.3) is 5.91 Å². The molecule has 2 aromatic rings. The number of rotatable bonds is 4. The number of fused-ring (bicyclic) bond motifs is 1. The van der Waals surface area contributed by atoms with Crippen molar-refractivity contribution in [1.29, 1.82) is 0 Å². The molecule has 0 saturated carbocycles. The summed E-state index contributed by atoms with van der Waals surface area (Å²) in [7, 11) is 0. The standard InChI is InChI=1S/C19H17ClN4O4S/c1-19(2)14(18(27)28)24-16(26)13(17(24)29-19)23-15(25)12-11(21-7-8-22-12)9-3-5-10(20)6-4-9/h3-8,13-14,17H,1-2H3,(H,23,25)(H,27,28)/t13-,14+,17-/m1/s1. The summed E-state index contributed by atoms with van der Waals surface area (Å²) in [6.45, 7) is 3.56. The van der Waals surface area contributed by atoms with E-state index in [-0.39, 0.29) is 5.69 Å². The number of hydrogen-bond acceptors (Lipinski definition) is 6. The van der Waals surface area contributed by atoms with Gasteiger partial charge in [-0.25, -0.2) is 9.78 Å². The van der Waals surface area contributed by atoms with Crippen LogP contribution in [0, 0.1) is 0 Å². The number of benzene rings is 1. The Hall–Kier alpha value is -2.65. The first-order valence-corrected chi connectivity index (χ1v) is 10.1. The Morgan fingerprint density at radius 2 is 1.86 bits per heavy atom. The van der Waals surface area contributed by atoms with Gasteiger partial charge in [-0.05, 0) is 26.0 Å². The van der Waals surface area contributed by atoms with Crippen LogP contribution in [-0.4, -0.2) is 60.0 Å². The molecule has 1 aromatic heterocycles. The quantitative estimate of drug-likeness (QED) is 0.711. The van der Waals surface area contributed by atoms with E-state index in [9.17, 15) is 19.5 Å². The number of carboxylic acids is 1. The van der Waals surface area contributed by atoms with Crippen LogP contribution in [0.1, 0.15) is 24.3 Å². The van der Waals surface area contributed by atoms with Crippen LogP contribution in [-0.2, 0) is 9.59 Å². The van der Waals surface area contributed by atoms with E-state index in [1.165, 1.54) is 29.1 Å². The molecule has 2 aliphatic rings. The van der Waals surface area contributed by atoms with Crippen molar-refractivity contribution in [2.75, 3.05) is 0 Å². The van der Waals surface area contributed by atoms with E-state index >= 15 is 0 Å². The molecular weight excluding hydrogens is 416 g/mol. The number of nitrogens with zero attached hydrogens (tertiary/aromatic N) is 3. The third-order valence-electron chi connectivity index (χ3n) is 4.99. The zero-order valence-electron chi connectivity index (χ0n) is 15.5. The molecule has 8 nitrogen and oxygen atoms in total. The zero-order chi connectivity index (χ0) is 20.9. The van der Waals surface area contributed by atoms with E-state index in [2.05, 4.69) is 15.3 Å². The minimum absolute atomic E-state index is 0.0816. The lowest BCUT2D eigenvalue weighted by molar-refractivity contribution is -0.159. The first-order valence-electron chi connectivity index (χ1n) is 8.81. The van der Waals surface area contributed by atoms with Crippen molar-refractivity contribution in [3.63, 3.8) is 0 Å². The van der Waals surface area contributed by atoms with Gasteiger partial charge in [0.05, 0.1) is 0 Å². The smallest absolute Gasteiger partial charge is 0.327 e. The zero-order valence-corrected chi connectivity index (χ0v) is 17.1. The summed E-state index contributed by atoms with van der Waals surface area (Å²) >= 11 is 7.28. The summed E-state index contributed by atoms with van der Waals surface area (Å²) in [5.74, 6) is -2.01. The van der Waals surface area contributed by atoms with E-state index in [1.54, 1.807) is 38.1 Å². The highest BCUT2D eigenvalue weighted by molar-refractivity contribution is 8.01. The summed E-state index contributed by atoms with van der Waals surface area (Å²) in [5, 5.41) is 12.3. The van der Waals surface area contributed by atoms with Crippen molar-refractivity contribution in [1.82, 2.24) is 20.2 Å². The molecule has 3 atom stereocenters. The normalized spacial score (nSPS) is 24.6. The molecule has 3 heterocycles. The lowest BCUT2D eigenvalue weighted by Crippen LogP contribution is -2.70. The van der Waals surface area contributed by atoms with Gasteiger partial charge in [0.1, 0.15) is 23.2 Å². The fourth-order valence-electron chi connectivity index (χ4n) is 3.68. The van der Waals surface area contributed by atoms with Crippen molar-refractivity contribution < 1.29 is 19.5 Å². The van der Waals surface area contributed by atoms with Crippen LogP contribution in [0.25, 0.3) is 11.3 Å². The van der Waals surface area contributed by atoms with Crippen molar-refractivity contribution in [3.05, 3.63) is 47.4 Å². The number of thioether (sulfide) groups is 1. The number of halogens is 1.